The van der Waals surface area contributed by atoms with Crippen LogP contribution >= 0.6 is 15.9 Å². The molecule has 108 valence electrons. The lowest BCUT2D eigenvalue weighted by Crippen LogP contribution is -2.55. The second-order valence-corrected chi connectivity index (χ2v) is 4.95. The Balaban J connectivity index is 2.69. The molecule has 1 aromatic rings. The maximum atomic E-state index is 11.7. The Bertz CT molecular complexity index is 521. The summed E-state index contributed by atoms with van der Waals surface area (Å²) in [5.74, 6) is -2.03. The van der Waals surface area contributed by atoms with E-state index in [-0.39, 0.29) is 6.04 Å². The highest BCUT2D eigenvalue weighted by Crippen LogP contribution is 2.22. The van der Waals surface area contributed by atoms with Crippen molar-refractivity contribution in [1.29, 1.82) is 0 Å². The highest BCUT2D eigenvalue weighted by atomic mass is 79.9. The molecular formula is C12H15BrN4O3. The Kier molecular flexibility index (Phi) is 5.51. The lowest BCUT2D eigenvalue weighted by atomic mass is 10.1. The number of nitrogens with one attached hydrogen (secondary N) is 2. The van der Waals surface area contributed by atoms with Gasteiger partial charge >= 0.3 is 6.03 Å². The average Bonchev–Trinajstić information content (AvgIpc) is 2.35. The molecule has 0 radical (unpaired) electrons. The summed E-state index contributed by atoms with van der Waals surface area (Å²) in [7, 11) is 0. The van der Waals surface area contributed by atoms with E-state index >= 15 is 0 Å². The second kappa shape index (κ2) is 6.90. The normalized spacial score (nSPS) is 11.8. The highest BCUT2D eigenvalue weighted by Gasteiger charge is 2.24. The number of primary amides is 2. The molecule has 0 saturated heterocycles. The van der Waals surface area contributed by atoms with Crippen LogP contribution in [0.5, 0.6) is 0 Å². The molecule has 0 unspecified atom stereocenters. The van der Waals surface area contributed by atoms with Crippen molar-refractivity contribution in [3.63, 3.8) is 0 Å². The first-order valence-corrected chi connectivity index (χ1v) is 6.52. The molecule has 0 aliphatic heterocycles. The Morgan fingerprint density at radius 2 is 1.65 bits per heavy atom. The summed E-state index contributed by atoms with van der Waals surface area (Å²) >= 11 is 3.36. The number of halogens is 1. The highest BCUT2D eigenvalue weighted by molar-refractivity contribution is 9.10. The first kappa shape index (κ1) is 16.0. The average molecular weight is 343 g/mol. The van der Waals surface area contributed by atoms with Gasteiger partial charge in [0.2, 0.25) is 11.8 Å². The van der Waals surface area contributed by atoms with Crippen molar-refractivity contribution >= 4 is 33.8 Å². The third kappa shape index (κ3) is 4.23. The van der Waals surface area contributed by atoms with Crippen molar-refractivity contribution in [3.05, 3.63) is 34.3 Å². The van der Waals surface area contributed by atoms with Crippen LogP contribution in [0.4, 0.5) is 4.79 Å². The van der Waals surface area contributed by atoms with Crippen LogP contribution in [-0.2, 0) is 9.59 Å². The van der Waals surface area contributed by atoms with Crippen molar-refractivity contribution in [2.75, 3.05) is 0 Å². The third-order valence-electron chi connectivity index (χ3n) is 2.56. The quantitative estimate of drug-likeness (QED) is 0.568. The van der Waals surface area contributed by atoms with Crippen LogP contribution in [0.15, 0.2) is 28.7 Å². The summed E-state index contributed by atoms with van der Waals surface area (Å²) in [6, 6.07) is 4.74. The molecule has 6 N–H and O–H groups in total. The van der Waals surface area contributed by atoms with Crippen LogP contribution < -0.4 is 22.1 Å². The van der Waals surface area contributed by atoms with Crippen molar-refractivity contribution < 1.29 is 14.4 Å². The van der Waals surface area contributed by atoms with E-state index in [2.05, 4.69) is 26.6 Å². The van der Waals surface area contributed by atoms with E-state index < -0.39 is 23.9 Å². The minimum absolute atomic E-state index is 0.341. The van der Waals surface area contributed by atoms with E-state index in [1.807, 2.05) is 24.3 Å². The van der Waals surface area contributed by atoms with Crippen LogP contribution in [0.3, 0.4) is 0 Å². The molecule has 20 heavy (non-hydrogen) atoms. The summed E-state index contributed by atoms with van der Waals surface area (Å²) in [6.45, 7) is 1.75. The van der Waals surface area contributed by atoms with Gasteiger partial charge in [0, 0.05) is 4.47 Å². The predicted octanol–water partition coefficient (Wildman–Crippen LogP) is 0.149. The largest absolute Gasteiger partial charge is 0.367 e. The first-order chi connectivity index (χ1) is 9.32. The molecular weight excluding hydrogens is 328 g/mol. The number of benzene rings is 1. The van der Waals surface area contributed by atoms with E-state index in [1.165, 1.54) is 0 Å². The van der Waals surface area contributed by atoms with Gasteiger partial charge in [-0.25, -0.2) is 4.79 Å². The molecule has 8 heteroatoms. The topological polar surface area (TPSA) is 127 Å². The molecule has 0 aromatic heterocycles. The maximum Gasteiger partial charge on any atom is 0.316 e. The monoisotopic (exact) mass is 342 g/mol. The number of amides is 4. The van der Waals surface area contributed by atoms with Gasteiger partial charge in [-0.2, -0.15) is 0 Å². The van der Waals surface area contributed by atoms with Gasteiger partial charge in [0.05, 0.1) is 6.04 Å². The molecule has 1 atom stereocenters. The predicted molar refractivity (Wildman–Crippen MR) is 76.4 cm³/mol. The number of carbonyl (C=O) groups is 3. The van der Waals surface area contributed by atoms with Crippen LogP contribution in [0.2, 0.25) is 0 Å². The van der Waals surface area contributed by atoms with E-state index in [9.17, 15) is 14.4 Å². The number of hydrogen-bond acceptors (Lipinski definition) is 3. The second-order valence-electron chi connectivity index (χ2n) is 4.10. The van der Waals surface area contributed by atoms with Crippen LogP contribution in [0, 0.1) is 0 Å². The minimum atomic E-state index is -1.54. The van der Waals surface area contributed by atoms with Gasteiger partial charge in [0.1, 0.15) is 0 Å². The Hall–Kier alpha value is -2.09. The molecule has 0 heterocycles. The zero-order valence-electron chi connectivity index (χ0n) is 10.7. The van der Waals surface area contributed by atoms with Gasteiger partial charge in [0.25, 0.3) is 0 Å². The van der Waals surface area contributed by atoms with Gasteiger partial charge in [-0.05, 0) is 18.6 Å². The molecule has 4 amide bonds. The van der Waals surface area contributed by atoms with Crippen LogP contribution in [0.25, 0.3) is 0 Å². The van der Waals surface area contributed by atoms with Gasteiger partial charge < -0.3 is 22.1 Å². The minimum Gasteiger partial charge on any atom is -0.367 e. The SMILES string of the molecule is C[C@@H](NC(=O)NC(C(N)=O)C(N)=O)c1ccccc1Br. The summed E-state index contributed by atoms with van der Waals surface area (Å²) in [4.78, 5) is 33.6. The van der Waals surface area contributed by atoms with Crippen molar-refractivity contribution in [1.82, 2.24) is 10.6 Å². The van der Waals surface area contributed by atoms with Gasteiger partial charge in [-0.3, -0.25) is 9.59 Å². The smallest absolute Gasteiger partial charge is 0.316 e. The van der Waals surface area contributed by atoms with Gasteiger partial charge in [-0.1, -0.05) is 34.1 Å². The fraction of sp³-hybridized carbons (Fsp3) is 0.250. The number of urea groups is 1. The lowest BCUT2D eigenvalue weighted by Gasteiger charge is -2.18. The van der Waals surface area contributed by atoms with E-state index in [4.69, 9.17) is 11.5 Å². The van der Waals surface area contributed by atoms with Crippen molar-refractivity contribution in [2.45, 2.75) is 19.0 Å². The number of carbonyl (C=O) groups excluding carboxylic acids is 3. The molecule has 1 aromatic carbocycles. The first-order valence-electron chi connectivity index (χ1n) is 5.73. The molecule has 0 aliphatic rings. The molecule has 0 spiro atoms. The summed E-state index contributed by atoms with van der Waals surface area (Å²) in [5.41, 5.74) is 10.8. The number of rotatable bonds is 5. The maximum absolute atomic E-state index is 11.7. The Morgan fingerprint density at radius 1 is 1.10 bits per heavy atom. The van der Waals surface area contributed by atoms with Crippen molar-refractivity contribution in [2.24, 2.45) is 11.5 Å². The molecule has 7 nitrogen and oxygen atoms in total. The molecule has 0 saturated carbocycles. The third-order valence-corrected chi connectivity index (χ3v) is 3.29. The summed E-state index contributed by atoms with van der Waals surface area (Å²) in [5, 5.41) is 4.70. The Morgan fingerprint density at radius 3 is 2.15 bits per heavy atom. The van der Waals surface area contributed by atoms with E-state index in [0.717, 1.165) is 10.0 Å². The summed E-state index contributed by atoms with van der Waals surface area (Å²) < 4.78 is 0.828. The molecule has 0 fully saturated rings. The van der Waals surface area contributed by atoms with Crippen molar-refractivity contribution in [3.8, 4) is 0 Å². The van der Waals surface area contributed by atoms with E-state index in [1.54, 1.807) is 6.92 Å². The number of hydrogen-bond donors (Lipinski definition) is 4. The molecule has 1 rings (SSSR count). The summed E-state index contributed by atoms with van der Waals surface area (Å²) in [6.07, 6.45) is 0. The van der Waals surface area contributed by atoms with Gasteiger partial charge in [0.15, 0.2) is 6.04 Å². The Labute approximate surface area is 124 Å². The standard InChI is InChI=1S/C12H15BrN4O3/c1-6(7-4-2-3-5-8(7)13)16-12(20)17-9(10(14)18)11(15)19/h2-6,9H,1H3,(H2,14,18)(H2,15,19)(H2,16,17,20)/t6-/m1/s1. The van der Waals surface area contributed by atoms with E-state index in [0.29, 0.717) is 0 Å². The van der Waals surface area contributed by atoms with Crippen LogP contribution in [-0.4, -0.2) is 23.9 Å². The fourth-order valence-electron chi connectivity index (χ4n) is 1.56. The fourth-order valence-corrected chi connectivity index (χ4v) is 2.18. The molecule has 0 aliphatic carbocycles. The lowest BCUT2D eigenvalue weighted by molar-refractivity contribution is -0.128. The zero-order valence-corrected chi connectivity index (χ0v) is 12.3. The molecule has 0 bridgehead atoms. The zero-order chi connectivity index (χ0) is 15.3. The van der Waals surface area contributed by atoms with Gasteiger partial charge in [-0.15, -0.1) is 0 Å². The van der Waals surface area contributed by atoms with Crippen LogP contribution in [0.1, 0.15) is 18.5 Å². The number of nitrogens with two attached hydrogens (primary N) is 2.